The van der Waals surface area contributed by atoms with E-state index in [0.29, 0.717) is 11.6 Å². The van der Waals surface area contributed by atoms with Gasteiger partial charge in [-0.2, -0.15) is 0 Å². The molecule has 0 unspecified atom stereocenters. The molecule has 1 aromatic carbocycles. The van der Waals surface area contributed by atoms with Gasteiger partial charge in [0.05, 0.1) is 22.2 Å². The number of thioether (sulfide) groups is 1. The summed E-state index contributed by atoms with van der Waals surface area (Å²) in [5, 5.41) is 3.14. The van der Waals surface area contributed by atoms with Gasteiger partial charge in [0, 0.05) is 18.4 Å². The molecule has 1 amide bonds. The Kier molecular flexibility index (Phi) is 5.84. The van der Waals surface area contributed by atoms with Gasteiger partial charge in [-0.3, -0.25) is 9.78 Å². The van der Waals surface area contributed by atoms with Gasteiger partial charge in [0.25, 0.3) is 0 Å². The van der Waals surface area contributed by atoms with Gasteiger partial charge in [-0.05, 0) is 37.8 Å². The highest BCUT2D eigenvalue weighted by Gasteiger charge is 2.24. The summed E-state index contributed by atoms with van der Waals surface area (Å²) >= 11 is 3.13. The first-order valence-corrected chi connectivity index (χ1v) is 10.8. The summed E-state index contributed by atoms with van der Waals surface area (Å²) in [7, 11) is 0. The van der Waals surface area contributed by atoms with E-state index in [-0.39, 0.29) is 18.1 Å². The van der Waals surface area contributed by atoms with Gasteiger partial charge in [-0.1, -0.05) is 23.9 Å². The van der Waals surface area contributed by atoms with Crippen molar-refractivity contribution < 1.29 is 9.53 Å². The van der Waals surface area contributed by atoms with E-state index in [1.165, 1.54) is 11.8 Å². The molecule has 27 heavy (non-hydrogen) atoms. The number of benzene rings is 1. The molecule has 6 nitrogen and oxygen atoms in total. The fourth-order valence-corrected chi connectivity index (χ4v) is 5.03. The number of ether oxygens (including phenoxy) is 1. The Morgan fingerprint density at radius 1 is 1.22 bits per heavy atom. The van der Waals surface area contributed by atoms with E-state index in [1.54, 1.807) is 29.9 Å². The molecule has 0 aliphatic heterocycles. The standard InChI is InChI=1S/C19H20N4O2S2/c24-17(12-26-19-23-15-3-1-2-4-16(15)27-19)22-13-5-7-14(8-6-13)25-18-11-20-9-10-21-18/h1-4,9-11,13-14H,5-8,12H2,(H,22,24). The third kappa shape index (κ3) is 4.95. The van der Waals surface area contributed by atoms with E-state index in [9.17, 15) is 4.79 Å². The number of nitrogens with one attached hydrogen (secondary N) is 1. The van der Waals surface area contributed by atoms with Gasteiger partial charge in [-0.25, -0.2) is 9.97 Å². The molecule has 0 radical (unpaired) electrons. The molecule has 140 valence electrons. The molecule has 1 N–H and O–H groups in total. The number of aromatic nitrogens is 3. The van der Waals surface area contributed by atoms with Gasteiger partial charge >= 0.3 is 0 Å². The number of para-hydroxylation sites is 1. The van der Waals surface area contributed by atoms with E-state index < -0.39 is 0 Å². The zero-order valence-electron chi connectivity index (χ0n) is 14.7. The predicted molar refractivity (Wildman–Crippen MR) is 107 cm³/mol. The normalized spacial score (nSPS) is 19.7. The SMILES string of the molecule is O=C(CSc1nc2ccccc2s1)NC1CCC(Oc2cnccn2)CC1. The van der Waals surface area contributed by atoms with Crippen molar-refractivity contribution in [1.29, 1.82) is 0 Å². The molecule has 8 heteroatoms. The molecule has 0 saturated heterocycles. The lowest BCUT2D eigenvalue weighted by Gasteiger charge is -2.29. The number of nitrogens with zero attached hydrogens (tertiary/aromatic N) is 3. The molecule has 2 heterocycles. The van der Waals surface area contributed by atoms with Gasteiger partial charge in [0.15, 0.2) is 4.34 Å². The van der Waals surface area contributed by atoms with E-state index in [4.69, 9.17) is 4.74 Å². The number of hydrogen-bond donors (Lipinski definition) is 1. The van der Waals surface area contributed by atoms with Crippen LogP contribution in [0.4, 0.5) is 0 Å². The Bertz CT molecular complexity index is 862. The number of thiazole rings is 1. The molecule has 3 aromatic rings. The summed E-state index contributed by atoms with van der Waals surface area (Å²) in [5.74, 6) is 1.03. The smallest absolute Gasteiger partial charge is 0.232 e. The maximum atomic E-state index is 12.3. The van der Waals surface area contributed by atoms with Crippen molar-refractivity contribution in [3.05, 3.63) is 42.9 Å². The molecule has 0 atom stereocenters. The van der Waals surface area contributed by atoms with Crippen LogP contribution in [0.5, 0.6) is 5.88 Å². The van der Waals surface area contributed by atoms with Crippen LogP contribution < -0.4 is 10.1 Å². The largest absolute Gasteiger partial charge is 0.473 e. The zero-order chi connectivity index (χ0) is 18.5. The molecule has 1 aliphatic carbocycles. The summed E-state index contributed by atoms with van der Waals surface area (Å²) in [5.41, 5.74) is 0.992. The number of fused-ring (bicyclic) bond motifs is 1. The maximum Gasteiger partial charge on any atom is 0.232 e. The monoisotopic (exact) mass is 400 g/mol. The molecular weight excluding hydrogens is 380 g/mol. The van der Waals surface area contributed by atoms with Crippen LogP contribution in [0, 0.1) is 0 Å². The topological polar surface area (TPSA) is 77.0 Å². The van der Waals surface area contributed by atoms with Crippen molar-refractivity contribution in [3.63, 3.8) is 0 Å². The summed E-state index contributed by atoms with van der Waals surface area (Å²) in [4.78, 5) is 25.0. The number of carbonyl (C=O) groups is 1. The van der Waals surface area contributed by atoms with Crippen molar-refractivity contribution in [3.8, 4) is 5.88 Å². The van der Waals surface area contributed by atoms with Gasteiger partial charge in [0.2, 0.25) is 11.8 Å². The third-order valence-corrected chi connectivity index (χ3v) is 6.65. The first kappa shape index (κ1) is 18.2. The summed E-state index contributed by atoms with van der Waals surface area (Å²) < 4.78 is 7.94. The molecule has 1 fully saturated rings. The second kappa shape index (κ2) is 8.67. The molecule has 2 aromatic heterocycles. The molecule has 0 spiro atoms. The maximum absolute atomic E-state index is 12.3. The van der Waals surface area contributed by atoms with Crippen LogP contribution >= 0.6 is 23.1 Å². The lowest BCUT2D eigenvalue weighted by molar-refractivity contribution is -0.119. The summed E-state index contributed by atoms with van der Waals surface area (Å²) in [6.07, 6.45) is 8.69. The minimum atomic E-state index is 0.0672. The van der Waals surface area contributed by atoms with Crippen LogP contribution in [0.25, 0.3) is 10.2 Å². The summed E-state index contributed by atoms with van der Waals surface area (Å²) in [6, 6.07) is 8.26. The minimum Gasteiger partial charge on any atom is -0.473 e. The highest BCUT2D eigenvalue weighted by molar-refractivity contribution is 8.01. The molecule has 0 bridgehead atoms. The van der Waals surface area contributed by atoms with Crippen molar-refractivity contribution in [2.45, 2.75) is 42.2 Å². The third-order valence-electron chi connectivity index (χ3n) is 4.47. The zero-order valence-corrected chi connectivity index (χ0v) is 16.3. The second-order valence-corrected chi connectivity index (χ2v) is 8.69. The van der Waals surface area contributed by atoms with Crippen molar-refractivity contribution in [2.75, 3.05) is 5.75 Å². The first-order chi connectivity index (χ1) is 13.3. The van der Waals surface area contributed by atoms with Crippen LogP contribution in [0.1, 0.15) is 25.7 Å². The highest BCUT2D eigenvalue weighted by Crippen LogP contribution is 2.29. The fraction of sp³-hybridized carbons (Fsp3) is 0.368. The van der Waals surface area contributed by atoms with E-state index >= 15 is 0 Å². The van der Waals surface area contributed by atoms with Crippen molar-refractivity contribution >= 4 is 39.2 Å². The quantitative estimate of drug-likeness (QED) is 0.636. The predicted octanol–water partition coefficient (Wildman–Crippen LogP) is 3.68. The molecule has 1 saturated carbocycles. The Hall–Kier alpha value is -2.19. The molecular formula is C19H20N4O2S2. The first-order valence-electron chi connectivity index (χ1n) is 8.96. The average Bonchev–Trinajstić information content (AvgIpc) is 3.12. The fourth-order valence-electron chi connectivity index (χ4n) is 3.15. The van der Waals surface area contributed by atoms with E-state index in [2.05, 4.69) is 26.3 Å². The Balaban J connectivity index is 1.20. The lowest BCUT2D eigenvalue weighted by Crippen LogP contribution is -2.40. The highest BCUT2D eigenvalue weighted by atomic mass is 32.2. The van der Waals surface area contributed by atoms with Crippen molar-refractivity contribution in [2.24, 2.45) is 0 Å². The average molecular weight is 401 g/mol. The number of amides is 1. The van der Waals surface area contributed by atoms with Gasteiger partial charge < -0.3 is 10.1 Å². The van der Waals surface area contributed by atoms with Gasteiger partial charge in [0.1, 0.15) is 6.10 Å². The molecule has 4 rings (SSSR count). The summed E-state index contributed by atoms with van der Waals surface area (Å²) in [6.45, 7) is 0. The van der Waals surface area contributed by atoms with Crippen LogP contribution in [0.3, 0.4) is 0 Å². The minimum absolute atomic E-state index is 0.0672. The molecule has 1 aliphatic rings. The Morgan fingerprint density at radius 2 is 2.07 bits per heavy atom. The van der Waals surface area contributed by atoms with Crippen molar-refractivity contribution in [1.82, 2.24) is 20.3 Å². The van der Waals surface area contributed by atoms with Crippen LogP contribution in [-0.2, 0) is 4.79 Å². The van der Waals surface area contributed by atoms with E-state index in [1.807, 2.05) is 18.2 Å². The van der Waals surface area contributed by atoms with Crippen LogP contribution in [0.15, 0.2) is 47.2 Å². The Labute approximate surface area is 165 Å². The van der Waals surface area contributed by atoms with E-state index in [0.717, 1.165) is 40.2 Å². The van der Waals surface area contributed by atoms with Crippen LogP contribution in [0.2, 0.25) is 0 Å². The lowest BCUT2D eigenvalue weighted by atomic mass is 9.93. The number of hydrogen-bond acceptors (Lipinski definition) is 7. The Morgan fingerprint density at radius 3 is 2.85 bits per heavy atom. The van der Waals surface area contributed by atoms with Crippen LogP contribution in [-0.4, -0.2) is 38.8 Å². The second-order valence-electron chi connectivity index (χ2n) is 6.44. The van der Waals surface area contributed by atoms with Gasteiger partial charge in [-0.15, -0.1) is 11.3 Å². The number of rotatable bonds is 6. The number of carbonyl (C=O) groups excluding carboxylic acids is 1.